The molecule has 2 atom stereocenters. The van der Waals surface area contributed by atoms with E-state index in [0.717, 1.165) is 58.2 Å². The van der Waals surface area contributed by atoms with Gasteiger partial charge in [0, 0.05) is 35.4 Å². The van der Waals surface area contributed by atoms with E-state index < -0.39 is 0 Å². The van der Waals surface area contributed by atoms with Gasteiger partial charge in [-0.2, -0.15) is 12.6 Å². The van der Waals surface area contributed by atoms with Gasteiger partial charge in [-0.25, -0.2) is 9.38 Å². The van der Waals surface area contributed by atoms with Crippen LogP contribution in [0.1, 0.15) is 49.3 Å². The molecule has 1 aliphatic rings. The van der Waals surface area contributed by atoms with Crippen molar-refractivity contribution >= 4 is 48.2 Å². The summed E-state index contributed by atoms with van der Waals surface area (Å²) in [5, 5.41) is 0.863. The predicted octanol–water partition coefficient (Wildman–Crippen LogP) is 8.78. The van der Waals surface area contributed by atoms with Gasteiger partial charge in [0.1, 0.15) is 12.2 Å². The van der Waals surface area contributed by atoms with Crippen LogP contribution in [0, 0.1) is 17.7 Å². The van der Waals surface area contributed by atoms with Crippen molar-refractivity contribution in [2.24, 2.45) is 21.8 Å². The third kappa shape index (κ3) is 6.70. The lowest BCUT2D eigenvalue weighted by Crippen LogP contribution is -2.03. The smallest absolute Gasteiger partial charge is 0.123 e. The number of nitrogens with zero attached hydrogens (tertiary/aromatic N) is 3. The number of aromatic nitrogens is 1. The first kappa shape index (κ1) is 27.6. The zero-order valence-electron chi connectivity index (χ0n) is 22.1. The van der Waals surface area contributed by atoms with E-state index in [1.54, 1.807) is 6.07 Å². The van der Waals surface area contributed by atoms with Crippen LogP contribution in [-0.2, 0) is 6.54 Å². The summed E-state index contributed by atoms with van der Waals surface area (Å²) in [4.78, 5) is 8.14. The Morgan fingerprint density at radius 3 is 2.71 bits per heavy atom. The quantitative estimate of drug-likeness (QED) is 0.112. The molecule has 2 aromatic carbocycles. The summed E-state index contributed by atoms with van der Waals surface area (Å²) < 4.78 is 16.6. The minimum atomic E-state index is -0.254. The Hall–Kier alpha value is -3.44. The molecule has 0 amide bonds. The van der Waals surface area contributed by atoms with Crippen LogP contribution in [0.3, 0.4) is 0 Å². The lowest BCUT2D eigenvalue weighted by Gasteiger charge is -2.17. The molecule has 0 aliphatic heterocycles. The van der Waals surface area contributed by atoms with E-state index in [1.165, 1.54) is 24.4 Å². The van der Waals surface area contributed by atoms with E-state index in [-0.39, 0.29) is 5.82 Å². The highest BCUT2D eigenvalue weighted by Gasteiger charge is 2.29. The molecule has 5 heteroatoms. The Labute approximate surface area is 231 Å². The van der Waals surface area contributed by atoms with Crippen LogP contribution in [0.5, 0.6) is 0 Å². The molecular formula is C33H36FN3S. The first-order chi connectivity index (χ1) is 18.5. The van der Waals surface area contributed by atoms with Gasteiger partial charge in [0.15, 0.2) is 0 Å². The molecule has 3 aromatic rings. The first-order valence-corrected chi connectivity index (χ1v) is 13.8. The zero-order valence-corrected chi connectivity index (χ0v) is 23.0. The number of halogens is 1. The van der Waals surface area contributed by atoms with Crippen LogP contribution in [0.2, 0.25) is 0 Å². The van der Waals surface area contributed by atoms with Crippen molar-refractivity contribution in [2.45, 2.75) is 39.2 Å². The number of benzene rings is 2. The molecule has 1 aliphatic carbocycles. The van der Waals surface area contributed by atoms with E-state index in [4.69, 9.17) is 0 Å². The molecule has 38 heavy (non-hydrogen) atoms. The molecule has 3 nitrogen and oxygen atoms in total. The molecule has 196 valence electrons. The Morgan fingerprint density at radius 1 is 1.16 bits per heavy atom. The molecule has 4 rings (SSSR count). The summed E-state index contributed by atoms with van der Waals surface area (Å²) in [6, 6.07) is 13.5. The fraction of sp³-hybridized carbons (Fsp3) is 0.273. The summed E-state index contributed by atoms with van der Waals surface area (Å²) >= 11 is 4.44. The molecule has 1 aromatic heterocycles. The lowest BCUT2D eigenvalue weighted by molar-refractivity contribution is 0.516. The first-order valence-electron chi connectivity index (χ1n) is 13.2. The SMILES string of the molecule is C=N/C=N\C=C(\C(=C)c1cn(Cc2ccc(/C=C\C=C/C)cc2)c2ccc(F)cc12)C1CCC(CCS)C1. The molecule has 0 radical (unpaired) electrons. The zero-order chi connectivity index (χ0) is 26.9. The van der Waals surface area contributed by atoms with Gasteiger partial charge < -0.3 is 4.57 Å². The van der Waals surface area contributed by atoms with E-state index in [9.17, 15) is 4.39 Å². The second-order valence-corrected chi connectivity index (χ2v) is 10.3. The monoisotopic (exact) mass is 525 g/mol. The number of aliphatic imine (C=N–C) groups is 2. The van der Waals surface area contributed by atoms with E-state index >= 15 is 0 Å². The number of rotatable bonds is 11. The van der Waals surface area contributed by atoms with Crippen LogP contribution < -0.4 is 0 Å². The molecule has 0 saturated heterocycles. The van der Waals surface area contributed by atoms with Crippen LogP contribution in [0.15, 0.2) is 95.2 Å². The molecule has 1 saturated carbocycles. The number of fused-ring (bicyclic) bond motifs is 1. The Morgan fingerprint density at radius 2 is 1.97 bits per heavy atom. The van der Waals surface area contributed by atoms with Gasteiger partial charge in [-0.05, 0) is 97.4 Å². The Balaban J connectivity index is 1.68. The largest absolute Gasteiger partial charge is 0.342 e. The van der Waals surface area contributed by atoms with Gasteiger partial charge in [0.05, 0.1) is 0 Å². The second-order valence-electron chi connectivity index (χ2n) is 9.86. The van der Waals surface area contributed by atoms with E-state index in [1.807, 2.05) is 37.4 Å². The molecule has 0 bridgehead atoms. The third-order valence-corrected chi connectivity index (χ3v) is 7.58. The molecule has 1 fully saturated rings. The average Bonchev–Trinajstić information content (AvgIpc) is 3.52. The van der Waals surface area contributed by atoms with Gasteiger partial charge >= 0.3 is 0 Å². The molecule has 0 N–H and O–H groups in total. The number of hydrogen-bond acceptors (Lipinski definition) is 2. The summed E-state index contributed by atoms with van der Waals surface area (Å²) in [5.74, 6) is 1.65. The highest BCUT2D eigenvalue weighted by molar-refractivity contribution is 7.80. The number of allylic oxidation sites excluding steroid dienone is 5. The van der Waals surface area contributed by atoms with Crippen molar-refractivity contribution in [1.29, 1.82) is 0 Å². The summed E-state index contributed by atoms with van der Waals surface area (Å²) in [6.45, 7) is 10.7. The van der Waals surface area contributed by atoms with Gasteiger partial charge in [-0.3, -0.25) is 4.99 Å². The van der Waals surface area contributed by atoms with Gasteiger partial charge in [0.2, 0.25) is 0 Å². The van der Waals surface area contributed by atoms with Gasteiger partial charge in [-0.1, -0.05) is 55.1 Å². The second kappa shape index (κ2) is 13.4. The number of hydrogen-bond donors (Lipinski definition) is 1. The van der Waals surface area contributed by atoms with Crippen LogP contribution in [-0.4, -0.2) is 23.4 Å². The van der Waals surface area contributed by atoms with Crippen LogP contribution in [0.25, 0.3) is 22.6 Å². The molecule has 1 heterocycles. The lowest BCUT2D eigenvalue weighted by atomic mass is 9.87. The maximum absolute atomic E-state index is 14.5. The summed E-state index contributed by atoms with van der Waals surface area (Å²) in [5.41, 5.74) is 6.23. The van der Waals surface area contributed by atoms with Crippen molar-refractivity contribution in [3.63, 3.8) is 0 Å². The van der Waals surface area contributed by atoms with E-state index in [0.29, 0.717) is 18.4 Å². The summed E-state index contributed by atoms with van der Waals surface area (Å²) in [7, 11) is 0. The van der Waals surface area contributed by atoms with Crippen molar-refractivity contribution in [3.05, 3.63) is 108 Å². The molecule has 0 spiro atoms. The standard InChI is InChI=1S/C33H36FN3S/c1-4-5-6-7-25-8-10-27(11-9-25)21-37-22-32(30-19-29(34)14-15-33(30)37)24(2)31(20-36-23-35-3)28-13-12-26(18-28)16-17-38/h4-11,14-15,19-20,22-23,26,28,38H,2-3,12-13,16-18,21H2,1H3/b5-4-,7-6-,31-20-,36-23-. The highest BCUT2D eigenvalue weighted by Crippen LogP contribution is 2.43. The normalized spacial score (nSPS) is 18.4. The van der Waals surface area contributed by atoms with Crippen molar-refractivity contribution in [2.75, 3.05) is 5.75 Å². The Bertz CT molecular complexity index is 1390. The topological polar surface area (TPSA) is 29.6 Å². The van der Waals surface area contributed by atoms with Gasteiger partial charge in [-0.15, -0.1) is 0 Å². The van der Waals surface area contributed by atoms with Crippen molar-refractivity contribution < 1.29 is 4.39 Å². The van der Waals surface area contributed by atoms with Crippen molar-refractivity contribution in [1.82, 2.24) is 4.57 Å². The summed E-state index contributed by atoms with van der Waals surface area (Å²) in [6.07, 6.45) is 18.0. The predicted molar refractivity (Wildman–Crippen MR) is 166 cm³/mol. The van der Waals surface area contributed by atoms with Crippen molar-refractivity contribution in [3.8, 4) is 0 Å². The van der Waals surface area contributed by atoms with E-state index in [2.05, 4.69) is 77.0 Å². The van der Waals surface area contributed by atoms with Crippen LogP contribution >= 0.6 is 12.6 Å². The third-order valence-electron chi connectivity index (χ3n) is 7.32. The molecule has 2 unspecified atom stereocenters. The van der Waals surface area contributed by atoms with Crippen LogP contribution in [0.4, 0.5) is 4.39 Å². The fourth-order valence-corrected chi connectivity index (χ4v) is 5.76. The maximum atomic E-state index is 14.5. The highest BCUT2D eigenvalue weighted by atomic mass is 32.1. The maximum Gasteiger partial charge on any atom is 0.123 e. The average molecular weight is 526 g/mol. The fourth-order valence-electron chi connectivity index (χ4n) is 5.40. The Kier molecular flexibility index (Phi) is 9.72. The molecular weight excluding hydrogens is 489 g/mol. The minimum absolute atomic E-state index is 0.254. The van der Waals surface area contributed by atoms with Gasteiger partial charge in [0.25, 0.3) is 0 Å². The minimum Gasteiger partial charge on any atom is -0.342 e. The number of thiol groups is 1.